The van der Waals surface area contributed by atoms with Crippen LogP contribution in [0.15, 0.2) is 0 Å². The highest BCUT2D eigenvalue weighted by atomic mass is 32.2. The molecule has 0 radical (unpaired) electrons. The molecule has 0 aromatic carbocycles. The Balaban J connectivity index is 3.36. The Morgan fingerprint density at radius 1 is 1.64 bits per heavy atom. The summed E-state index contributed by atoms with van der Waals surface area (Å²) >= 11 is 1.59. The number of thioether (sulfide) groups is 1. The Morgan fingerprint density at radius 3 is 2.73 bits per heavy atom. The molecule has 0 aliphatic carbocycles. The van der Waals surface area contributed by atoms with Crippen molar-refractivity contribution in [3.63, 3.8) is 0 Å². The van der Waals surface area contributed by atoms with Gasteiger partial charge in [-0.1, -0.05) is 0 Å². The van der Waals surface area contributed by atoms with Gasteiger partial charge in [0, 0.05) is 25.9 Å². The minimum absolute atomic E-state index is 0.186. The highest BCUT2D eigenvalue weighted by molar-refractivity contribution is 7.99. The minimum atomic E-state index is 0.186. The van der Waals surface area contributed by atoms with Gasteiger partial charge < -0.3 is 10.6 Å². The molecule has 0 fully saturated rings. The summed E-state index contributed by atoms with van der Waals surface area (Å²) in [5, 5.41) is 0. The first-order valence-electron chi connectivity index (χ1n) is 3.74. The van der Waals surface area contributed by atoms with Crippen LogP contribution in [-0.2, 0) is 4.79 Å². The third kappa shape index (κ3) is 5.09. The SMILES string of the molecule is CCN(C)C(=O)CSCCN. The molecule has 0 atom stereocenters. The predicted molar refractivity (Wildman–Crippen MR) is 49.7 cm³/mol. The van der Waals surface area contributed by atoms with Crippen molar-refractivity contribution >= 4 is 17.7 Å². The quantitative estimate of drug-likeness (QED) is 0.607. The van der Waals surface area contributed by atoms with Crippen molar-refractivity contribution in [1.82, 2.24) is 4.90 Å². The van der Waals surface area contributed by atoms with Crippen LogP contribution >= 0.6 is 11.8 Å². The smallest absolute Gasteiger partial charge is 0.232 e. The van der Waals surface area contributed by atoms with Gasteiger partial charge in [0.1, 0.15) is 0 Å². The summed E-state index contributed by atoms with van der Waals surface area (Å²) in [4.78, 5) is 12.8. The van der Waals surface area contributed by atoms with Crippen LogP contribution in [0.4, 0.5) is 0 Å². The van der Waals surface area contributed by atoms with Crippen LogP contribution in [-0.4, -0.2) is 42.4 Å². The monoisotopic (exact) mass is 176 g/mol. The molecule has 3 nitrogen and oxygen atoms in total. The Morgan fingerprint density at radius 2 is 2.27 bits per heavy atom. The summed E-state index contributed by atoms with van der Waals surface area (Å²) in [5.41, 5.74) is 5.28. The summed E-state index contributed by atoms with van der Waals surface area (Å²) in [5.74, 6) is 1.61. The fraction of sp³-hybridized carbons (Fsp3) is 0.857. The average molecular weight is 176 g/mol. The van der Waals surface area contributed by atoms with E-state index in [1.807, 2.05) is 14.0 Å². The molecule has 0 aliphatic heterocycles. The molecule has 0 aromatic heterocycles. The van der Waals surface area contributed by atoms with Crippen LogP contribution in [0.2, 0.25) is 0 Å². The molecular formula is C7H16N2OS. The first-order chi connectivity index (χ1) is 5.22. The molecule has 66 valence electrons. The molecule has 1 amide bonds. The maximum absolute atomic E-state index is 11.1. The lowest BCUT2D eigenvalue weighted by Gasteiger charge is -2.13. The zero-order valence-corrected chi connectivity index (χ0v) is 7.99. The standard InChI is InChI=1S/C7H16N2OS/c1-3-9(2)7(10)6-11-5-4-8/h3-6,8H2,1-2H3. The lowest BCUT2D eigenvalue weighted by atomic mass is 10.5. The van der Waals surface area contributed by atoms with E-state index in [1.54, 1.807) is 16.7 Å². The van der Waals surface area contributed by atoms with Crippen molar-refractivity contribution in [2.45, 2.75) is 6.92 Å². The summed E-state index contributed by atoms with van der Waals surface area (Å²) in [6.07, 6.45) is 0. The average Bonchev–Trinajstić information content (AvgIpc) is 2.03. The Labute approximate surface area is 72.3 Å². The molecule has 2 N–H and O–H groups in total. The van der Waals surface area contributed by atoms with Gasteiger partial charge in [0.25, 0.3) is 0 Å². The van der Waals surface area contributed by atoms with E-state index in [0.717, 1.165) is 12.3 Å². The van der Waals surface area contributed by atoms with Crippen molar-refractivity contribution in [3.8, 4) is 0 Å². The molecule has 0 saturated heterocycles. The first-order valence-corrected chi connectivity index (χ1v) is 4.89. The zero-order valence-electron chi connectivity index (χ0n) is 7.17. The Hall–Kier alpha value is -0.220. The second kappa shape index (κ2) is 6.49. The first kappa shape index (κ1) is 10.8. The van der Waals surface area contributed by atoms with Gasteiger partial charge >= 0.3 is 0 Å². The molecule has 0 aliphatic rings. The molecule has 0 spiro atoms. The van der Waals surface area contributed by atoms with Gasteiger partial charge in [0.15, 0.2) is 0 Å². The van der Waals surface area contributed by atoms with Gasteiger partial charge in [-0.2, -0.15) is 11.8 Å². The summed E-state index contributed by atoms with van der Waals surface area (Å²) in [6, 6.07) is 0. The molecule has 11 heavy (non-hydrogen) atoms. The minimum Gasteiger partial charge on any atom is -0.345 e. The molecule has 0 rings (SSSR count). The fourth-order valence-electron chi connectivity index (χ4n) is 0.529. The van der Waals surface area contributed by atoms with E-state index in [2.05, 4.69) is 0 Å². The third-order valence-corrected chi connectivity index (χ3v) is 2.36. The maximum Gasteiger partial charge on any atom is 0.232 e. The molecule has 0 unspecified atom stereocenters. The van der Waals surface area contributed by atoms with E-state index in [4.69, 9.17) is 5.73 Å². The van der Waals surface area contributed by atoms with Gasteiger partial charge in [0.2, 0.25) is 5.91 Å². The van der Waals surface area contributed by atoms with E-state index in [0.29, 0.717) is 12.3 Å². The van der Waals surface area contributed by atoms with Crippen LogP contribution in [0.25, 0.3) is 0 Å². The number of amides is 1. The molecule has 0 aromatic rings. The molecule has 0 bridgehead atoms. The number of carbonyl (C=O) groups excluding carboxylic acids is 1. The highest BCUT2D eigenvalue weighted by Crippen LogP contribution is 1.99. The third-order valence-electron chi connectivity index (χ3n) is 1.39. The van der Waals surface area contributed by atoms with Gasteiger partial charge in [-0.3, -0.25) is 4.79 Å². The molecule has 0 heterocycles. The van der Waals surface area contributed by atoms with E-state index in [9.17, 15) is 4.79 Å². The Kier molecular flexibility index (Phi) is 6.36. The van der Waals surface area contributed by atoms with Crippen LogP contribution < -0.4 is 5.73 Å². The fourth-order valence-corrected chi connectivity index (χ4v) is 1.24. The number of hydrogen-bond donors (Lipinski definition) is 1. The second-order valence-electron chi connectivity index (χ2n) is 2.25. The lowest BCUT2D eigenvalue weighted by molar-refractivity contribution is -0.126. The number of hydrogen-bond acceptors (Lipinski definition) is 3. The largest absolute Gasteiger partial charge is 0.345 e. The number of carbonyl (C=O) groups is 1. The van der Waals surface area contributed by atoms with Gasteiger partial charge in [-0.05, 0) is 6.92 Å². The van der Waals surface area contributed by atoms with Crippen LogP contribution in [0.1, 0.15) is 6.92 Å². The summed E-state index contributed by atoms with van der Waals surface area (Å²) in [6.45, 7) is 3.39. The van der Waals surface area contributed by atoms with Crippen molar-refractivity contribution in [1.29, 1.82) is 0 Å². The molecule has 4 heteroatoms. The van der Waals surface area contributed by atoms with Gasteiger partial charge in [-0.25, -0.2) is 0 Å². The number of nitrogens with zero attached hydrogens (tertiary/aromatic N) is 1. The topological polar surface area (TPSA) is 46.3 Å². The lowest BCUT2D eigenvalue weighted by Crippen LogP contribution is -2.28. The summed E-state index contributed by atoms with van der Waals surface area (Å²) in [7, 11) is 1.81. The van der Waals surface area contributed by atoms with Crippen molar-refractivity contribution < 1.29 is 4.79 Å². The second-order valence-corrected chi connectivity index (χ2v) is 3.35. The molecular weight excluding hydrogens is 160 g/mol. The van der Waals surface area contributed by atoms with Crippen LogP contribution in [0.3, 0.4) is 0 Å². The van der Waals surface area contributed by atoms with Crippen LogP contribution in [0, 0.1) is 0 Å². The van der Waals surface area contributed by atoms with Crippen molar-refractivity contribution in [2.24, 2.45) is 5.73 Å². The zero-order chi connectivity index (χ0) is 8.69. The maximum atomic E-state index is 11.1. The van der Waals surface area contributed by atoms with E-state index >= 15 is 0 Å². The van der Waals surface area contributed by atoms with E-state index < -0.39 is 0 Å². The number of rotatable bonds is 5. The number of nitrogens with two attached hydrogens (primary N) is 1. The normalized spacial score (nSPS) is 9.73. The predicted octanol–water partition coefficient (Wildman–Crippen LogP) is 0.157. The van der Waals surface area contributed by atoms with Crippen LogP contribution in [0.5, 0.6) is 0 Å². The summed E-state index contributed by atoms with van der Waals surface area (Å²) < 4.78 is 0. The van der Waals surface area contributed by atoms with Gasteiger partial charge in [0.05, 0.1) is 5.75 Å². The van der Waals surface area contributed by atoms with Crippen molar-refractivity contribution in [3.05, 3.63) is 0 Å². The van der Waals surface area contributed by atoms with E-state index in [1.165, 1.54) is 0 Å². The van der Waals surface area contributed by atoms with E-state index in [-0.39, 0.29) is 5.91 Å². The highest BCUT2D eigenvalue weighted by Gasteiger charge is 2.04. The van der Waals surface area contributed by atoms with Crippen molar-refractivity contribution in [2.75, 3.05) is 31.6 Å². The van der Waals surface area contributed by atoms with Gasteiger partial charge in [-0.15, -0.1) is 0 Å². The Bertz CT molecular complexity index is 119. The molecule has 0 saturated carbocycles.